The van der Waals surface area contributed by atoms with Crippen molar-refractivity contribution in [2.75, 3.05) is 11.9 Å². The molecule has 0 saturated carbocycles. The minimum atomic E-state index is -0.430. The number of amides is 2. The van der Waals surface area contributed by atoms with Crippen molar-refractivity contribution >= 4 is 17.5 Å². The fourth-order valence-electron chi connectivity index (χ4n) is 3.52. The number of nitrogens with zero attached hydrogens (tertiary/aromatic N) is 2. The largest absolute Gasteiger partial charge is 0.324 e. The second-order valence-corrected chi connectivity index (χ2v) is 6.75. The summed E-state index contributed by atoms with van der Waals surface area (Å²) in [6.07, 6.45) is 1.50. The average Bonchev–Trinajstić information content (AvgIpc) is 2.85. The lowest BCUT2D eigenvalue weighted by molar-refractivity contribution is -0.117. The molecule has 6 heteroatoms. The zero-order chi connectivity index (χ0) is 19.7. The van der Waals surface area contributed by atoms with E-state index in [1.54, 1.807) is 11.9 Å². The van der Waals surface area contributed by atoms with Gasteiger partial charge in [-0.15, -0.1) is 0 Å². The summed E-state index contributed by atoms with van der Waals surface area (Å²) >= 11 is 0. The molecule has 1 aliphatic heterocycles. The Morgan fingerprint density at radius 3 is 2.43 bits per heavy atom. The minimum Gasteiger partial charge on any atom is -0.324 e. The Balaban J connectivity index is 1.87. The molecule has 0 spiro atoms. The Morgan fingerprint density at radius 2 is 1.68 bits per heavy atom. The second-order valence-electron chi connectivity index (χ2n) is 6.75. The molecule has 0 fully saturated rings. The van der Waals surface area contributed by atoms with Gasteiger partial charge in [-0.25, -0.2) is 0 Å². The van der Waals surface area contributed by atoms with E-state index in [4.69, 9.17) is 0 Å². The van der Waals surface area contributed by atoms with E-state index in [1.807, 2.05) is 54.6 Å². The van der Waals surface area contributed by atoms with Gasteiger partial charge in [0.2, 0.25) is 11.5 Å². The number of carbonyl (C=O) groups is 2. The van der Waals surface area contributed by atoms with Gasteiger partial charge in [-0.2, -0.15) is 0 Å². The second kappa shape index (κ2) is 7.15. The summed E-state index contributed by atoms with van der Waals surface area (Å²) in [7, 11) is 1.60. The van der Waals surface area contributed by atoms with Crippen LogP contribution in [0.15, 0.2) is 77.7 Å². The highest BCUT2D eigenvalue weighted by atomic mass is 16.2. The molecule has 0 bridgehead atoms. The van der Waals surface area contributed by atoms with Crippen molar-refractivity contribution in [1.82, 2.24) is 9.47 Å². The molecular formula is C22H19N3O3. The maximum absolute atomic E-state index is 13.4. The smallest absolute Gasteiger partial charge is 0.256 e. The third kappa shape index (κ3) is 3.20. The van der Waals surface area contributed by atoms with E-state index < -0.39 is 6.04 Å². The summed E-state index contributed by atoms with van der Waals surface area (Å²) in [6.45, 7) is -0.0874. The predicted octanol–water partition coefficient (Wildman–Crippen LogP) is 2.57. The van der Waals surface area contributed by atoms with Crippen LogP contribution in [0.1, 0.15) is 27.5 Å². The lowest BCUT2D eigenvalue weighted by atomic mass is 9.95. The topological polar surface area (TPSA) is 71.4 Å². The van der Waals surface area contributed by atoms with Crippen molar-refractivity contribution in [3.05, 3.63) is 100.0 Å². The number of benzene rings is 2. The maximum Gasteiger partial charge on any atom is 0.256 e. The van der Waals surface area contributed by atoms with E-state index in [1.165, 1.54) is 22.9 Å². The first-order valence-electron chi connectivity index (χ1n) is 8.96. The molecule has 6 nitrogen and oxygen atoms in total. The van der Waals surface area contributed by atoms with Gasteiger partial charge in [-0.1, -0.05) is 48.5 Å². The molecule has 1 atom stereocenters. The molecule has 140 valence electrons. The predicted molar refractivity (Wildman–Crippen MR) is 106 cm³/mol. The van der Waals surface area contributed by atoms with Gasteiger partial charge in [-0.05, 0) is 17.7 Å². The number of anilines is 1. The van der Waals surface area contributed by atoms with E-state index in [0.29, 0.717) is 11.3 Å². The molecule has 28 heavy (non-hydrogen) atoms. The van der Waals surface area contributed by atoms with E-state index in [2.05, 4.69) is 5.32 Å². The van der Waals surface area contributed by atoms with Crippen LogP contribution in [-0.4, -0.2) is 27.8 Å². The van der Waals surface area contributed by atoms with Crippen molar-refractivity contribution in [2.45, 2.75) is 6.04 Å². The monoisotopic (exact) mass is 373 g/mol. The molecule has 1 unspecified atom stereocenters. The van der Waals surface area contributed by atoms with Crippen molar-refractivity contribution in [2.24, 2.45) is 7.05 Å². The summed E-state index contributed by atoms with van der Waals surface area (Å²) in [5.41, 5.74) is 2.60. The Morgan fingerprint density at radius 1 is 0.964 bits per heavy atom. The molecule has 2 heterocycles. The number of aromatic nitrogens is 1. The van der Waals surface area contributed by atoms with Gasteiger partial charge in [0.1, 0.15) is 6.54 Å². The van der Waals surface area contributed by atoms with Gasteiger partial charge in [0, 0.05) is 30.6 Å². The molecule has 0 aliphatic carbocycles. The number of carbonyl (C=O) groups excluding carboxylic acids is 2. The van der Waals surface area contributed by atoms with E-state index in [0.717, 1.165) is 11.1 Å². The Labute approximate surface area is 162 Å². The molecule has 0 saturated heterocycles. The SMILES string of the molecule is Cn1cc(C(=O)N2CC(=O)Nc3ccccc3C2c2ccccc2)ccc1=O. The highest BCUT2D eigenvalue weighted by Crippen LogP contribution is 2.36. The van der Waals surface area contributed by atoms with Crippen LogP contribution >= 0.6 is 0 Å². The first-order valence-corrected chi connectivity index (χ1v) is 8.96. The number of fused-ring (bicyclic) bond motifs is 1. The van der Waals surface area contributed by atoms with Gasteiger partial charge in [0.15, 0.2) is 0 Å². The minimum absolute atomic E-state index is 0.0874. The summed E-state index contributed by atoms with van der Waals surface area (Å²) in [4.78, 5) is 39.2. The molecular weight excluding hydrogens is 354 g/mol. The number of aryl methyl sites for hydroxylation is 1. The van der Waals surface area contributed by atoms with Crippen LogP contribution in [0.25, 0.3) is 0 Å². The van der Waals surface area contributed by atoms with Gasteiger partial charge in [0.25, 0.3) is 5.91 Å². The fraction of sp³-hybridized carbons (Fsp3) is 0.136. The van der Waals surface area contributed by atoms with Crippen LogP contribution in [-0.2, 0) is 11.8 Å². The van der Waals surface area contributed by atoms with Gasteiger partial charge >= 0.3 is 0 Å². The van der Waals surface area contributed by atoms with Crippen LogP contribution in [0.3, 0.4) is 0 Å². The van der Waals surface area contributed by atoms with E-state index >= 15 is 0 Å². The van der Waals surface area contributed by atoms with Gasteiger partial charge in [0.05, 0.1) is 11.6 Å². The quantitative estimate of drug-likeness (QED) is 0.750. The molecule has 2 aromatic carbocycles. The average molecular weight is 373 g/mol. The van der Waals surface area contributed by atoms with Crippen LogP contribution in [0.2, 0.25) is 0 Å². The lowest BCUT2D eigenvalue weighted by Gasteiger charge is -2.30. The molecule has 1 aliphatic rings. The number of hydrogen-bond acceptors (Lipinski definition) is 3. The highest BCUT2D eigenvalue weighted by Gasteiger charge is 2.33. The van der Waals surface area contributed by atoms with Crippen molar-refractivity contribution in [3.63, 3.8) is 0 Å². The molecule has 1 aromatic heterocycles. The van der Waals surface area contributed by atoms with Crippen LogP contribution in [0.5, 0.6) is 0 Å². The van der Waals surface area contributed by atoms with Crippen molar-refractivity contribution in [1.29, 1.82) is 0 Å². The Bertz CT molecular complexity index is 1110. The highest BCUT2D eigenvalue weighted by molar-refractivity contribution is 6.01. The van der Waals surface area contributed by atoms with Gasteiger partial charge in [-0.3, -0.25) is 14.4 Å². The third-order valence-electron chi connectivity index (χ3n) is 4.86. The fourth-order valence-corrected chi connectivity index (χ4v) is 3.52. The van der Waals surface area contributed by atoms with Gasteiger partial charge < -0.3 is 14.8 Å². The Hall–Kier alpha value is -3.67. The standard InChI is InChI=1S/C22H19N3O3/c1-24-13-16(11-12-20(24)27)22(28)25-14-19(26)23-18-10-6-5-9-17(18)21(25)15-7-3-2-4-8-15/h2-13,21H,14H2,1H3,(H,23,26). The maximum atomic E-state index is 13.4. The van der Waals surface area contributed by atoms with E-state index in [9.17, 15) is 14.4 Å². The van der Waals surface area contributed by atoms with Crippen LogP contribution in [0.4, 0.5) is 5.69 Å². The first-order chi connectivity index (χ1) is 13.5. The summed E-state index contributed by atoms with van der Waals surface area (Å²) in [5.74, 6) is -0.569. The van der Waals surface area contributed by atoms with Crippen LogP contribution in [0, 0.1) is 0 Å². The molecule has 0 radical (unpaired) electrons. The third-order valence-corrected chi connectivity index (χ3v) is 4.86. The molecule has 2 amide bonds. The van der Waals surface area contributed by atoms with Crippen LogP contribution < -0.4 is 10.9 Å². The molecule has 1 N–H and O–H groups in total. The summed E-state index contributed by atoms with van der Waals surface area (Å²) in [5, 5.41) is 2.89. The van der Waals surface area contributed by atoms with Crippen molar-refractivity contribution in [3.8, 4) is 0 Å². The first kappa shape index (κ1) is 17.7. The number of hydrogen-bond donors (Lipinski definition) is 1. The number of para-hydroxylation sites is 1. The molecule has 4 rings (SSSR count). The number of nitrogens with one attached hydrogen (secondary N) is 1. The normalized spacial score (nSPS) is 16.1. The zero-order valence-corrected chi connectivity index (χ0v) is 15.3. The number of rotatable bonds is 2. The van der Waals surface area contributed by atoms with E-state index in [-0.39, 0.29) is 23.9 Å². The zero-order valence-electron chi connectivity index (χ0n) is 15.3. The molecule has 3 aromatic rings. The van der Waals surface area contributed by atoms with Crippen molar-refractivity contribution < 1.29 is 9.59 Å². The Kier molecular flexibility index (Phi) is 4.53. The lowest BCUT2D eigenvalue weighted by Crippen LogP contribution is -2.39. The summed E-state index contributed by atoms with van der Waals surface area (Å²) in [6, 6.07) is 19.5. The number of pyridine rings is 1. The summed E-state index contributed by atoms with van der Waals surface area (Å²) < 4.78 is 1.36.